The summed E-state index contributed by atoms with van der Waals surface area (Å²) in [5.74, 6) is 2.28. The average Bonchev–Trinajstić information content (AvgIpc) is 2.45. The van der Waals surface area contributed by atoms with Crippen LogP contribution in [0.25, 0.3) is 0 Å². The number of hydrogen-bond acceptors (Lipinski definition) is 2. The van der Waals surface area contributed by atoms with Crippen molar-refractivity contribution in [3.05, 3.63) is 0 Å². The fraction of sp³-hybridized carbons (Fsp3) is 1.00. The zero-order valence-electron chi connectivity index (χ0n) is 14.5. The van der Waals surface area contributed by atoms with Gasteiger partial charge < -0.3 is 5.32 Å². The summed E-state index contributed by atoms with van der Waals surface area (Å²) in [5, 5.41) is 4.59. The van der Waals surface area contributed by atoms with Gasteiger partial charge in [0.15, 0.2) is 0 Å². The Kier molecular flexibility index (Phi) is 8.59. The van der Waals surface area contributed by atoms with Crippen LogP contribution in [0.3, 0.4) is 0 Å². The van der Waals surface area contributed by atoms with Gasteiger partial charge in [0.05, 0.1) is 0 Å². The molecule has 0 aromatic heterocycles. The fourth-order valence-corrected chi connectivity index (χ4v) is 4.90. The third-order valence-corrected chi connectivity index (χ3v) is 6.83. The monoisotopic (exact) mass is 299 g/mol. The van der Waals surface area contributed by atoms with E-state index in [1.54, 1.807) is 0 Å². The number of thioether (sulfide) groups is 1. The molecule has 1 N–H and O–H groups in total. The van der Waals surface area contributed by atoms with Crippen LogP contribution >= 0.6 is 11.8 Å². The molecule has 3 unspecified atom stereocenters. The highest BCUT2D eigenvalue weighted by atomic mass is 32.2. The molecule has 1 nitrogen and oxygen atoms in total. The molecule has 1 aliphatic rings. The van der Waals surface area contributed by atoms with Crippen molar-refractivity contribution in [3.8, 4) is 0 Å². The average molecular weight is 300 g/mol. The Morgan fingerprint density at radius 1 is 1.10 bits per heavy atom. The molecular formula is C18H37NS. The summed E-state index contributed by atoms with van der Waals surface area (Å²) in [6, 6.07) is 0.760. The second-order valence-electron chi connectivity index (χ2n) is 7.13. The van der Waals surface area contributed by atoms with E-state index < -0.39 is 0 Å². The van der Waals surface area contributed by atoms with E-state index in [2.05, 4.69) is 51.7 Å². The molecule has 0 heterocycles. The highest BCUT2D eigenvalue weighted by molar-refractivity contribution is 7.99. The Hall–Kier alpha value is 0.310. The molecule has 1 fully saturated rings. The minimum absolute atomic E-state index is 0.527. The van der Waals surface area contributed by atoms with E-state index in [1.165, 1.54) is 50.7 Å². The standard InChI is InChI=1S/C18H37NS/c1-6-9-10-13-20-17-14-15(18(4,5)7-2)11-12-16(17)19-8-3/h15-17,19H,6-14H2,1-5H3. The molecule has 3 atom stereocenters. The van der Waals surface area contributed by atoms with Crippen molar-refractivity contribution in [1.82, 2.24) is 5.32 Å². The third-order valence-electron chi connectivity index (χ3n) is 5.35. The second-order valence-corrected chi connectivity index (χ2v) is 8.48. The zero-order chi connectivity index (χ0) is 15.0. The summed E-state index contributed by atoms with van der Waals surface area (Å²) in [5.41, 5.74) is 0.527. The highest BCUT2D eigenvalue weighted by Crippen LogP contribution is 2.43. The Bertz CT molecular complexity index is 252. The lowest BCUT2D eigenvalue weighted by molar-refractivity contribution is 0.141. The van der Waals surface area contributed by atoms with Crippen LogP contribution in [0.4, 0.5) is 0 Å². The first-order valence-corrected chi connectivity index (χ1v) is 9.95. The van der Waals surface area contributed by atoms with E-state index in [0.717, 1.165) is 23.8 Å². The van der Waals surface area contributed by atoms with Gasteiger partial charge in [-0.2, -0.15) is 11.8 Å². The summed E-state index contributed by atoms with van der Waals surface area (Å²) in [6.07, 6.45) is 9.69. The van der Waals surface area contributed by atoms with Gasteiger partial charge in [-0.25, -0.2) is 0 Å². The van der Waals surface area contributed by atoms with Crippen LogP contribution < -0.4 is 5.32 Å². The van der Waals surface area contributed by atoms with Crippen molar-refractivity contribution < 1.29 is 0 Å². The predicted molar refractivity (Wildman–Crippen MR) is 94.6 cm³/mol. The molecule has 0 saturated heterocycles. The summed E-state index contributed by atoms with van der Waals surface area (Å²) in [4.78, 5) is 0. The highest BCUT2D eigenvalue weighted by Gasteiger charge is 2.36. The van der Waals surface area contributed by atoms with Gasteiger partial charge in [0, 0.05) is 11.3 Å². The molecule has 0 amide bonds. The van der Waals surface area contributed by atoms with Crippen molar-refractivity contribution in [2.24, 2.45) is 11.3 Å². The van der Waals surface area contributed by atoms with Crippen molar-refractivity contribution in [3.63, 3.8) is 0 Å². The van der Waals surface area contributed by atoms with E-state index in [-0.39, 0.29) is 0 Å². The van der Waals surface area contributed by atoms with E-state index in [9.17, 15) is 0 Å². The molecule has 120 valence electrons. The molecule has 0 aliphatic heterocycles. The lowest BCUT2D eigenvalue weighted by Crippen LogP contribution is -2.45. The molecule has 0 spiro atoms. The zero-order valence-corrected chi connectivity index (χ0v) is 15.3. The second kappa shape index (κ2) is 9.35. The maximum Gasteiger partial charge on any atom is 0.0204 e. The molecule has 0 aromatic carbocycles. The van der Waals surface area contributed by atoms with E-state index >= 15 is 0 Å². The minimum Gasteiger partial charge on any atom is -0.313 e. The van der Waals surface area contributed by atoms with Gasteiger partial charge in [-0.15, -0.1) is 0 Å². The minimum atomic E-state index is 0.527. The molecule has 0 radical (unpaired) electrons. The van der Waals surface area contributed by atoms with Crippen LogP contribution in [-0.2, 0) is 0 Å². The van der Waals surface area contributed by atoms with Gasteiger partial charge in [0.2, 0.25) is 0 Å². The smallest absolute Gasteiger partial charge is 0.0204 e. The molecule has 0 bridgehead atoms. The Labute approximate surface area is 132 Å². The lowest BCUT2D eigenvalue weighted by Gasteiger charge is -2.43. The van der Waals surface area contributed by atoms with E-state index in [1.807, 2.05) is 0 Å². The van der Waals surface area contributed by atoms with Gasteiger partial charge in [0.1, 0.15) is 0 Å². The summed E-state index contributed by atoms with van der Waals surface area (Å²) in [6.45, 7) is 13.0. The normalized spacial score (nSPS) is 27.8. The maximum atomic E-state index is 3.74. The van der Waals surface area contributed by atoms with Crippen molar-refractivity contribution in [1.29, 1.82) is 0 Å². The number of rotatable bonds is 9. The third kappa shape index (κ3) is 5.60. The van der Waals surface area contributed by atoms with Crippen LogP contribution in [-0.4, -0.2) is 23.6 Å². The number of nitrogens with one attached hydrogen (secondary N) is 1. The maximum absolute atomic E-state index is 3.74. The SMILES string of the molecule is CCCCCSC1CC(C(C)(C)CC)CCC1NCC. The van der Waals surface area contributed by atoms with Crippen LogP contribution in [0, 0.1) is 11.3 Å². The van der Waals surface area contributed by atoms with E-state index in [0.29, 0.717) is 5.41 Å². The molecule has 0 aromatic rings. The van der Waals surface area contributed by atoms with Gasteiger partial charge in [-0.05, 0) is 49.3 Å². The number of hydrogen-bond donors (Lipinski definition) is 1. The van der Waals surface area contributed by atoms with Crippen LogP contribution in [0.5, 0.6) is 0 Å². The molecule has 1 rings (SSSR count). The fourth-order valence-electron chi connectivity index (χ4n) is 3.39. The Balaban J connectivity index is 2.53. The number of unbranched alkanes of at least 4 members (excludes halogenated alkanes) is 2. The summed E-state index contributed by atoms with van der Waals surface area (Å²) in [7, 11) is 0. The van der Waals surface area contributed by atoms with Gasteiger partial charge in [0.25, 0.3) is 0 Å². The van der Waals surface area contributed by atoms with Crippen molar-refractivity contribution in [2.75, 3.05) is 12.3 Å². The van der Waals surface area contributed by atoms with Crippen molar-refractivity contribution in [2.45, 2.75) is 90.9 Å². The van der Waals surface area contributed by atoms with Crippen LogP contribution in [0.2, 0.25) is 0 Å². The Morgan fingerprint density at radius 3 is 2.45 bits per heavy atom. The van der Waals surface area contributed by atoms with Crippen molar-refractivity contribution >= 4 is 11.8 Å². The summed E-state index contributed by atoms with van der Waals surface area (Å²) < 4.78 is 0. The first-order chi connectivity index (χ1) is 9.55. The molecule has 2 heteroatoms. The molecule has 1 aliphatic carbocycles. The quantitative estimate of drug-likeness (QED) is 0.565. The summed E-state index contributed by atoms with van der Waals surface area (Å²) >= 11 is 2.25. The predicted octanol–water partition coefficient (Wildman–Crippen LogP) is 5.49. The topological polar surface area (TPSA) is 12.0 Å². The first-order valence-electron chi connectivity index (χ1n) is 8.90. The van der Waals surface area contributed by atoms with Crippen LogP contribution in [0.1, 0.15) is 79.6 Å². The van der Waals surface area contributed by atoms with Gasteiger partial charge in [-0.1, -0.05) is 53.9 Å². The van der Waals surface area contributed by atoms with Gasteiger partial charge in [-0.3, -0.25) is 0 Å². The molecular weight excluding hydrogens is 262 g/mol. The van der Waals surface area contributed by atoms with Crippen LogP contribution in [0.15, 0.2) is 0 Å². The largest absolute Gasteiger partial charge is 0.313 e. The van der Waals surface area contributed by atoms with Gasteiger partial charge >= 0.3 is 0 Å². The lowest BCUT2D eigenvalue weighted by atomic mass is 9.68. The Morgan fingerprint density at radius 2 is 1.85 bits per heavy atom. The van der Waals surface area contributed by atoms with E-state index in [4.69, 9.17) is 0 Å². The first kappa shape index (κ1) is 18.4. The molecule has 1 saturated carbocycles. The molecule has 20 heavy (non-hydrogen) atoms.